The molecule has 18 heavy (non-hydrogen) atoms. The molecule has 0 aromatic rings. The number of hydrogen-bond acceptors (Lipinski definition) is 2. The summed E-state index contributed by atoms with van der Waals surface area (Å²) in [4.78, 5) is 2.85. The van der Waals surface area contributed by atoms with Crippen molar-refractivity contribution in [2.24, 2.45) is 0 Å². The number of fused-ring (bicyclic) bond motifs is 2. The molecule has 0 saturated carbocycles. The number of nitrogens with one attached hydrogen (secondary N) is 1. The summed E-state index contributed by atoms with van der Waals surface area (Å²) in [7, 11) is 0. The SMILES string of the molecule is CCCCCC(CCCCC)N1CC2CC1CN2. The molecular weight excluding hydrogens is 220 g/mol. The normalized spacial score (nSPS) is 27.5. The van der Waals surface area contributed by atoms with Gasteiger partial charge < -0.3 is 5.32 Å². The molecule has 2 unspecified atom stereocenters. The Labute approximate surface area is 114 Å². The van der Waals surface area contributed by atoms with E-state index in [1.54, 1.807) is 0 Å². The molecule has 2 atom stereocenters. The van der Waals surface area contributed by atoms with E-state index in [0.717, 1.165) is 18.1 Å². The lowest BCUT2D eigenvalue weighted by Crippen LogP contribution is -2.48. The third-order valence-corrected chi connectivity index (χ3v) is 4.85. The van der Waals surface area contributed by atoms with Crippen LogP contribution in [0.2, 0.25) is 0 Å². The second-order valence-electron chi connectivity index (χ2n) is 6.34. The van der Waals surface area contributed by atoms with Gasteiger partial charge in [-0.15, -0.1) is 0 Å². The minimum atomic E-state index is 0.815. The van der Waals surface area contributed by atoms with Gasteiger partial charge in [0.15, 0.2) is 0 Å². The first-order valence-electron chi connectivity index (χ1n) is 8.34. The zero-order valence-corrected chi connectivity index (χ0v) is 12.5. The fourth-order valence-electron chi connectivity index (χ4n) is 3.78. The number of rotatable bonds is 9. The fourth-order valence-corrected chi connectivity index (χ4v) is 3.78. The molecule has 0 aliphatic carbocycles. The molecule has 2 heterocycles. The second-order valence-corrected chi connectivity index (χ2v) is 6.34. The van der Waals surface area contributed by atoms with E-state index in [2.05, 4.69) is 24.1 Å². The number of piperazine rings is 1. The summed E-state index contributed by atoms with van der Waals surface area (Å²) in [6.45, 7) is 7.21. The number of hydrogen-bond donors (Lipinski definition) is 1. The molecule has 2 rings (SSSR count). The minimum absolute atomic E-state index is 0.815. The first-order chi connectivity index (χ1) is 8.85. The Morgan fingerprint density at radius 2 is 1.72 bits per heavy atom. The Morgan fingerprint density at radius 1 is 1.06 bits per heavy atom. The van der Waals surface area contributed by atoms with Crippen LogP contribution in [0.25, 0.3) is 0 Å². The summed E-state index contributed by atoms with van der Waals surface area (Å²) >= 11 is 0. The number of likely N-dealkylation sites (tertiary alicyclic amines) is 1. The van der Waals surface area contributed by atoms with Crippen LogP contribution < -0.4 is 5.32 Å². The van der Waals surface area contributed by atoms with Crippen molar-refractivity contribution in [2.75, 3.05) is 13.1 Å². The summed E-state index contributed by atoms with van der Waals surface area (Å²) < 4.78 is 0. The zero-order chi connectivity index (χ0) is 12.8. The van der Waals surface area contributed by atoms with Gasteiger partial charge in [0.05, 0.1) is 0 Å². The van der Waals surface area contributed by atoms with E-state index in [-0.39, 0.29) is 0 Å². The summed E-state index contributed by atoms with van der Waals surface area (Å²) in [5.74, 6) is 0. The third-order valence-electron chi connectivity index (χ3n) is 4.85. The van der Waals surface area contributed by atoms with Gasteiger partial charge >= 0.3 is 0 Å². The molecule has 2 bridgehead atoms. The van der Waals surface area contributed by atoms with E-state index in [1.807, 2.05) is 0 Å². The maximum absolute atomic E-state index is 3.63. The average Bonchev–Trinajstić information content (AvgIpc) is 2.99. The van der Waals surface area contributed by atoms with Gasteiger partial charge in [0.25, 0.3) is 0 Å². The topological polar surface area (TPSA) is 15.3 Å². The second kappa shape index (κ2) is 7.49. The Kier molecular flexibility index (Phi) is 5.97. The molecule has 2 fully saturated rings. The molecule has 0 spiro atoms. The first kappa shape index (κ1) is 14.3. The van der Waals surface area contributed by atoms with Crippen molar-refractivity contribution in [1.82, 2.24) is 10.2 Å². The number of nitrogens with zero attached hydrogens (tertiary/aromatic N) is 1. The summed E-state index contributed by atoms with van der Waals surface area (Å²) in [6.07, 6.45) is 12.7. The van der Waals surface area contributed by atoms with Crippen molar-refractivity contribution in [1.29, 1.82) is 0 Å². The van der Waals surface area contributed by atoms with Crippen LogP contribution in [0, 0.1) is 0 Å². The standard InChI is InChI=1S/C16H32N2/c1-3-5-7-9-15(10-8-6-4-2)18-13-14-11-16(18)12-17-14/h14-17H,3-13H2,1-2H3. The Morgan fingerprint density at radius 3 is 2.17 bits per heavy atom. The molecule has 2 aliphatic rings. The largest absolute Gasteiger partial charge is 0.311 e. The van der Waals surface area contributed by atoms with E-state index >= 15 is 0 Å². The highest BCUT2D eigenvalue weighted by Gasteiger charge is 2.40. The van der Waals surface area contributed by atoms with Crippen LogP contribution in [0.15, 0.2) is 0 Å². The van der Waals surface area contributed by atoms with Crippen molar-refractivity contribution in [2.45, 2.75) is 89.8 Å². The van der Waals surface area contributed by atoms with E-state index in [1.165, 1.54) is 70.9 Å². The predicted octanol–water partition coefficient (Wildman–Crippen LogP) is 3.56. The van der Waals surface area contributed by atoms with Crippen LogP contribution in [0.5, 0.6) is 0 Å². The van der Waals surface area contributed by atoms with E-state index < -0.39 is 0 Å². The maximum Gasteiger partial charge on any atom is 0.0239 e. The summed E-state index contributed by atoms with van der Waals surface area (Å²) in [6, 6.07) is 2.57. The Bertz CT molecular complexity index is 219. The summed E-state index contributed by atoms with van der Waals surface area (Å²) in [5.41, 5.74) is 0. The van der Waals surface area contributed by atoms with Gasteiger partial charge in [-0.25, -0.2) is 0 Å². The van der Waals surface area contributed by atoms with Crippen LogP contribution in [0.4, 0.5) is 0 Å². The molecule has 106 valence electrons. The van der Waals surface area contributed by atoms with Crippen LogP contribution in [0.3, 0.4) is 0 Å². The average molecular weight is 252 g/mol. The Balaban J connectivity index is 1.79. The van der Waals surface area contributed by atoms with Crippen molar-refractivity contribution < 1.29 is 0 Å². The molecule has 1 N–H and O–H groups in total. The van der Waals surface area contributed by atoms with Gasteiger partial charge in [0, 0.05) is 31.2 Å². The molecular formula is C16H32N2. The van der Waals surface area contributed by atoms with Crippen molar-refractivity contribution in [3.05, 3.63) is 0 Å². The molecule has 0 aromatic carbocycles. The highest BCUT2D eigenvalue weighted by molar-refractivity contribution is 4.99. The lowest BCUT2D eigenvalue weighted by atomic mass is 9.99. The highest BCUT2D eigenvalue weighted by Crippen LogP contribution is 2.29. The van der Waals surface area contributed by atoms with Gasteiger partial charge in [0.1, 0.15) is 0 Å². The van der Waals surface area contributed by atoms with Gasteiger partial charge in [-0.05, 0) is 19.3 Å². The number of unbranched alkanes of at least 4 members (excludes halogenated alkanes) is 4. The van der Waals surface area contributed by atoms with Gasteiger partial charge in [-0.3, -0.25) is 4.90 Å². The summed E-state index contributed by atoms with van der Waals surface area (Å²) in [5, 5.41) is 3.63. The van der Waals surface area contributed by atoms with Crippen molar-refractivity contribution >= 4 is 0 Å². The smallest absolute Gasteiger partial charge is 0.0239 e. The van der Waals surface area contributed by atoms with Gasteiger partial charge in [-0.1, -0.05) is 52.4 Å². The van der Waals surface area contributed by atoms with Crippen molar-refractivity contribution in [3.8, 4) is 0 Å². The predicted molar refractivity (Wildman–Crippen MR) is 79.0 cm³/mol. The van der Waals surface area contributed by atoms with E-state index in [9.17, 15) is 0 Å². The molecule has 0 aromatic heterocycles. The zero-order valence-electron chi connectivity index (χ0n) is 12.5. The van der Waals surface area contributed by atoms with Crippen LogP contribution in [-0.2, 0) is 0 Å². The maximum atomic E-state index is 3.63. The van der Waals surface area contributed by atoms with E-state index in [4.69, 9.17) is 0 Å². The minimum Gasteiger partial charge on any atom is -0.311 e. The van der Waals surface area contributed by atoms with Gasteiger partial charge in [0.2, 0.25) is 0 Å². The molecule has 2 aliphatic heterocycles. The van der Waals surface area contributed by atoms with Crippen molar-refractivity contribution in [3.63, 3.8) is 0 Å². The van der Waals surface area contributed by atoms with Crippen LogP contribution in [0.1, 0.15) is 71.6 Å². The van der Waals surface area contributed by atoms with Gasteiger partial charge in [-0.2, -0.15) is 0 Å². The monoisotopic (exact) mass is 252 g/mol. The first-order valence-corrected chi connectivity index (χ1v) is 8.34. The molecule has 2 nitrogen and oxygen atoms in total. The van der Waals surface area contributed by atoms with Crippen LogP contribution >= 0.6 is 0 Å². The highest BCUT2D eigenvalue weighted by atomic mass is 15.3. The van der Waals surface area contributed by atoms with Crippen LogP contribution in [-0.4, -0.2) is 36.1 Å². The lowest BCUT2D eigenvalue weighted by Gasteiger charge is -2.35. The third kappa shape index (κ3) is 3.71. The fraction of sp³-hybridized carbons (Fsp3) is 1.00. The lowest BCUT2D eigenvalue weighted by molar-refractivity contribution is 0.138. The molecule has 2 heteroatoms. The quantitative estimate of drug-likeness (QED) is 0.631. The molecule has 0 radical (unpaired) electrons. The molecule has 2 saturated heterocycles. The molecule has 0 amide bonds. The van der Waals surface area contributed by atoms with E-state index in [0.29, 0.717) is 0 Å². The Hall–Kier alpha value is -0.0800.